The Morgan fingerprint density at radius 1 is 1.57 bits per heavy atom. The lowest BCUT2D eigenvalue weighted by atomic mass is 10.2. The van der Waals surface area contributed by atoms with E-state index in [2.05, 4.69) is 5.32 Å². The molecule has 0 saturated heterocycles. The van der Waals surface area contributed by atoms with Crippen LogP contribution in [0.25, 0.3) is 0 Å². The molecule has 0 saturated carbocycles. The molecule has 0 aliphatic heterocycles. The molecular weight excluding hydrogens is 183 g/mol. The molecule has 0 aromatic heterocycles. The van der Waals surface area contributed by atoms with Crippen LogP contribution in [0.5, 0.6) is 5.75 Å². The van der Waals surface area contributed by atoms with Crippen molar-refractivity contribution in [3.05, 3.63) is 29.6 Å². The van der Waals surface area contributed by atoms with Gasteiger partial charge in [-0.05, 0) is 13.1 Å². The van der Waals surface area contributed by atoms with Crippen LogP contribution in [-0.4, -0.2) is 13.7 Å². The normalized spacial score (nSPS) is 9.50. The van der Waals surface area contributed by atoms with Gasteiger partial charge in [-0.25, -0.2) is 4.39 Å². The minimum atomic E-state index is -0.437. The van der Waals surface area contributed by atoms with Gasteiger partial charge in [0, 0.05) is 12.1 Å². The number of nitrogens with one attached hydrogen (secondary N) is 1. The van der Waals surface area contributed by atoms with Gasteiger partial charge in [0.15, 0.2) is 18.2 Å². The standard InChI is InChI=1S/C10H11FN2O/c1-13-7-8-3-2-4-9(11)10(8)14-6-5-12/h2-4,13H,6-7H2,1H3. The number of benzene rings is 1. The fourth-order valence-corrected chi connectivity index (χ4v) is 1.15. The monoisotopic (exact) mass is 194 g/mol. The summed E-state index contributed by atoms with van der Waals surface area (Å²) < 4.78 is 18.2. The van der Waals surface area contributed by atoms with Gasteiger partial charge >= 0.3 is 0 Å². The van der Waals surface area contributed by atoms with Crippen LogP contribution >= 0.6 is 0 Å². The zero-order valence-corrected chi connectivity index (χ0v) is 7.88. The largest absolute Gasteiger partial charge is 0.475 e. The SMILES string of the molecule is CNCc1cccc(F)c1OCC#N. The Morgan fingerprint density at radius 3 is 3.00 bits per heavy atom. The van der Waals surface area contributed by atoms with E-state index in [1.807, 2.05) is 0 Å². The lowest BCUT2D eigenvalue weighted by Gasteiger charge is -2.09. The van der Waals surface area contributed by atoms with Gasteiger partial charge in [0.1, 0.15) is 6.07 Å². The Labute approximate surface area is 82.1 Å². The second kappa shape index (κ2) is 5.20. The van der Waals surface area contributed by atoms with Gasteiger partial charge in [-0.2, -0.15) is 5.26 Å². The first-order chi connectivity index (χ1) is 6.79. The molecule has 3 nitrogen and oxygen atoms in total. The summed E-state index contributed by atoms with van der Waals surface area (Å²) in [5, 5.41) is 11.2. The van der Waals surface area contributed by atoms with Crippen LogP contribution in [0.2, 0.25) is 0 Å². The second-order valence-electron chi connectivity index (χ2n) is 2.71. The van der Waals surface area contributed by atoms with Crippen LogP contribution in [0.1, 0.15) is 5.56 Å². The number of rotatable bonds is 4. The molecule has 0 spiro atoms. The maximum absolute atomic E-state index is 13.2. The van der Waals surface area contributed by atoms with Crippen molar-refractivity contribution in [2.75, 3.05) is 13.7 Å². The van der Waals surface area contributed by atoms with E-state index in [1.165, 1.54) is 6.07 Å². The predicted molar refractivity (Wildman–Crippen MR) is 50.3 cm³/mol. The minimum absolute atomic E-state index is 0.141. The number of nitriles is 1. The molecule has 0 radical (unpaired) electrons. The van der Waals surface area contributed by atoms with Crippen LogP contribution in [0, 0.1) is 17.1 Å². The molecule has 0 aliphatic carbocycles. The highest BCUT2D eigenvalue weighted by Gasteiger charge is 2.08. The number of hydrogen-bond donors (Lipinski definition) is 1. The van der Waals surface area contributed by atoms with Crippen LogP contribution in [-0.2, 0) is 6.54 Å². The molecule has 1 rings (SSSR count). The number of ether oxygens (including phenoxy) is 1. The lowest BCUT2D eigenvalue weighted by Crippen LogP contribution is -2.08. The predicted octanol–water partition coefficient (Wildman–Crippen LogP) is 1.45. The van der Waals surface area contributed by atoms with Crippen molar-refractivity contribution in [1.82, 2.24) is 5.32 Å². The van der Waals surface area contributed by atoms with Crippen molar-refractivity contribution in [2.45, 2.75) is 6.54 Å². The summed E-state index contributed by atoms with van der Waals surface area (Å²) >= 11 is 0. The fraction of sp³-hybridized carbons (Fsp3) is 0.300. The maximum Gasteiger partial charge on any atom is 0.174 e. The van der Waals surface area contributed by atoms with Crippen molar-refractivity contribution in [3.63, 3.8) is 0 Å². The maximum atomic E-state index is 13.2. The first-order valence-corrected chi connectivity index (χ1v) is 4.21. The van der Waals surface area contributed by atoms with E-state index in [0.29, 0.717) is 12.1 Å². The molecule has 0 amide bonds. The number of nitrogens with zero attached hydrogens (tertiary/aromatic N) is 1. The quantitative estimate of drug-likeness (QED) is 0.789. The van der Waals surface area contributed by atoms with Gasteiger partial charge in [0.05, 0.1) is 0 Å². The molecule has 74 valence electrons. The Balaban J connectivity index is 2.91. The highest BCUT2D eigenvalue weighted by atomic mass is 19.1. The molecule has 14 heavy (non-hydrogen) atoms. The topological polar surface area (TPSA) is 45.0 Å². The van der Waals surface area contributed by atoms with E-state index in [1.54, 1.807) is 25.2 Å². The van der Waals surface area contributed by atoms with Gasteiger partial charge in [-0.3, -0.25) is 0 Å². The van der Waals surface area contributed by atoms with Crippen molar-refractivity contribution >= 4 is 0 Å². The molecule has 0 fully saturated rings. The number of halogens is 1. The highest BCUT2D eigenvalue weighted by molar-refractivity contribution is 5.35. The second-order valence-corrected chi connectivity index (χ2v) is 2.71. The molecule has 0 bridgehead atoms. The zero-order chi connectivity index (χ0) is 10.4. The van der Waals surface area contributed by atoms with Gasteiger partial charge in [0.25, 0.3) is 0 Å². The highest BCUT2D eigenvalue weighted by Crippen LogP contribution is 2.22. The first-order valence-electron chi connectivity index (χ1n) is 4.21. The molecule has 1 aromatic carbocycles. The van der Waals surface area contributed by atoms with Gasteiger partial charge < -0.3 is 10.1 Å². The molecule has 0 unspecified atom stereocenters. The van der Waals surface area contributed by atoms with Gasteiger partial charge in [-0.1, -0.05) is 12.1 Å². The average molecular weight is 194 g/mol. The summed E-state index contributed by atoms with van der Waals surface area (Å²) in [6.45, 7) is 0.371. The molecule has 0 heterocycles. The summed E-state index contributed by atoms with van der Waals surface area (Å²) in [4.78, 5) is 0. The molecule has 4 heteroatoms. The molecule has 0 atom stereocenters. The van der Waals surface area contributed by atoms with Crippen molar-refractivity contribution in [1.29, 1.82) is 5.26 Å². The molecule has 1 aromatic rings. The lowest BCUT2D eigenvalue weighted by molar-refractivity contribution is 0.341. The van der Waals surface area contributed by atoms with Crippen LogP contribution < -0.4 is 10.1 Å². The minimum Gasteiger partial charge on any atom is -0.475 e. The Hall–Kier alpha value is -1.60. The Bertz CT molecular complexity index is 346. The van der Waals surface area contributed by atoms with Gasteiger partial charge in [0.2, 0.25) is 0 Å². The fourth-order valence-electron chi connectivity index (χ4n) is 1.15. The van der Waals surface area contributed by atoms with E-state index in [4.69, 9.17) is 10.00 Å². The van der Waals surface area contributed by atoms with E-state index < -0.39 is 5.82 Å². The third-order valence-electron chi connectivity index (χ3n) is 1.70. The van der Waals surface area contributed by atoms with Gasteiger partial charge in [-0.15, -0.1) is 0 Å². The smallest absolute Gasteiger partial charge is 0.174 e. The number of hydrogen-bond acceptors (Lipinski definition) is 3. The summed E-state index contributed by atoms with van der Waals surface area (Å²) in [6.07, 6.45) is 0. The Kier molecular flexibility index (Phi) is 3.89. The van der Waals surface area contributed by atoms with Crippen molar-refractivity contribution < 1.29 is 9.13 Å². The first kappa shape index (κ1) is 10.5. The molecule has 1 N–H and O–H groups in total. The summed E-state index contributed by atoms with van der Waals surface area (Å²) in [6, 6.07) is 6.48. The van der Waals surface area contributed by atoms with Crippen LogP contribution in [0.15, 0.2) is 18.2 Å². The summed E-state index contributed by atoms with van der Waals surface area (Å²) in [5.74, 6) is -0.281. The van der Waals surface area contributed by atoms with E-state index in [9.17, 15) is 4.39 Å². The van der Waals surface area contributed by atoms with E-state index in [-0.39, 0.29) is 12.4 Å². The van der Waals surface area contributed by atoms with E-state index in [0.717, 1.165) is 0 Å². The van der Waals surface area contributed by atoms with Crippen LogP contribution in [0.3, 0.4) is 0 Å². The molecule has 0 aliphatic rings. The average Bonchev–Trinajstić information content (AvgIpc) is 2.18. The van der Waals surface area contributed by atoms with E-state index >= 15 is 0 Å². The Morgan fingerprint density at radius 2 is 2.36 bits per heavy atom. The summed E-state index contributed by atoms with van der Waals surface area (Å²) in [5.41, 5.74) is 0.711. The third kappa shape index (κ3) is 2.44. The van der Waals surface area contributed by atoms with Crippen LogP contribution in [0.4, 0.5) is 4.39 Å². The van der Waals surface area contributed by atoms with Crippen molar-refractivity contribution in [2.24, 2.45) is 0 Å². The number of para-hydroxylation sites is 1. The van der Waals surface area contributed by atoms with Crippen molar-refractivity contribution in [3.8, 4) is 11.8 Å². The zero-order valence-electron chi connectivity index (χ0n) is 7.88. The molecular formula is C10H11FN2O. The summed E-state index contributed by atoms with van der Waals surface area (Å²) in [7, 11) is 1.76. The third-order valence-corrected chi connectivity index (χ3v) is 1.70.